The first-order valence-corrected chi connectivity index (χ1v) is 8.19. The lowest BCUT2D eigenvalue weighted by atomic mass is 10.1. The molecular formula is C15H25ClN2O3S. The summed E-state index contributed by atoms with van der Waals surface area (Å²) in [7, 11) is 3.18. The van der Waals surface area contributed by atoms with Gasteiger partial charge in [-0.2, -0.15) is 11.8 Å². The van der Waals surface area contributed by atoms with Gasteiger partial charge in [0.1, 0.15) is 0 Å². The number of hydrogen-bond acceptors (Lipinski definition) is 5. The van der Waals surface area contributed by atoms with E-state index in [0.717, 1.165) is 11.3 Å². The normalized spacial score (nSPS) is 12.8. The van der Waals surface area contributed by atoms with Crippen LogP contribution in [0.25, 0.3) is 0 Å². The van der Waals surface area contributed by atoms with E-state index >= 15 is 0 Å². The summed E-state index contributed by atoms with van der Waals surface area (Å²) in [6.45, 7) is 1.92. The summed E-state index contributed by atoms with van der Waals surface area (Å²) in [6.07, 6.45) is 2.67. The van der Waals surface area contributed by atoms with Crippen molar-refractivity contribution < 1.29 is 14.3 Å². The molecule has 5 nitrogen and oxygen atoms in total. The maximum Gasteiger partial charge on any atom is 0.237 e. The number of thioether (sulfide) groups is 1. The first-order valence-electron chi connectivity index (χ1n) is 6.80. The third-order valence-electron chi connectivity index (χ3n) is 3.24. The minimum absolute atomic E-state index is 0. The topological polar surface area (TPSA) is 73.6 Å². The number of amides is 1. The smallest absolute Gasteiger partial charge is 0.237 e. The molecule has 22 heavy (non-hydrogen) atoms. The van der Waals surface area contributed by atoms with E-state index in [0.29, 0.717) is 17.9 Å². The molecule has 1 aromatic carbocycles. The van der Waals surface area contributed by atoms with Crippen molar-refractivity contribution in [3.63, 3.8) is 0 Å². The zero-order chi connectivity index (χ0) is 15.8. The van der Waals surface area contributed by atoms with E-state index in [4.69, 9.17) is 15.2 Å². The number of carbonyl (C=O) groups excluding carboxylic acids is 1. The van der Waals surface area contributed by atoms with Gasteiger partial charge in [0, 0.05) is 0 Å². The lowest BCUT2D eigenvalue weighted by Gasteiger charge is -2.19. The van der Waals surface area contributed by atoms with Gasteiger partial charge in [-0.1, -0.05) is 6.07 Å². The van der Waals surface area contributed by atoms with Crippen molar-refractivity contribution in [2.75, 3.05) is 26.2 Å². The highest BCUT2D eigenvalue weighted by Gasteiger charge is 2.17. The Hall–Kier alpha value is -1.11. The number of benzene rings is 1. The average molecular weight is 349 g/mol. The molecule has 0 saturated heterocycles. The Morgan fingerprint density at radius 3 is 2.50 bits per heavy atom. The molecule has 0 fully saturated rings. The van der Waals surface area contributed by atoms with Gasteiger partial charge in [0.15, 0.2) is 11.5 Å². The monoisotopic (exact) mass is 348 g/mol. The van der Waals surface area contributed by atoms with E-state index in [1.807, 2.05) is 31.4 Å². The minimum Gasteiger partial charge on any atom is -0.493 e. The Balaban J connectivity index is 0.00000441. The zero-order valence-electron chi connectivity index (χ0n) is 13.4. The second kappa shape index (κ2) is 10.6. The van der Waals surface area contributed by atoms with Crippen LogP contribution in [0, 0.1) is 0 Å². The highest BCUT2D eigenvalue weighted by molar-refractivity contribution is 7.98. The summed E-state index contributed by atoms with van der Waals surface area (Å²) in [5.74, 6) is 2.05. The van der Waals surface area contributed by atoms with Crippen LogP contribution >= 0.6 is 24.2 Å². The fraction of sp³-hybridized carbons (Fsp3) is 0.533. The fourth-order valence-electron chi connectivity index (χ4n) is 1.90. The molecule has 0 aliphatic rings. The molecule has 2 atom stereocenters. The average Bonchev–Trinajstić information content (AvgIpc) is 2.51. The number of hydrogen-bond donors (Lipinski definition) is 2. The molecule has 3 N–H and O–H groups in total. The summed E-state index contributed by atoms with van der Waals surface area (Å²) in [4.78, 5) is 12.0. The molecule has 0 radical (unpaired) electrons. The predicted molar refractivity (Wildman–Crippen MR) is 94.3 cm³/mol. The Morgan fingerprint density at radius 2 is 1.95 bits per heavy atom. The van der Waals surface area contributed by atoms with Crippen LogP contribution in [0.4, 0.5) is 0 Å². The van der Waals surface area contributed by atoms with Gasteiger partial charge in [0.05, 0.1) is 26.3 Å². The van der Waals surface area contributed by atoms with Gasteiger partial charge < -0.3 is 20.5 Å². The van der Waals surface area contributed by atoms with Gasteiger partial charge in [-0.3, -0.25) is 4.79 Å². The molecule has 1 amide bonds. The maximum atomic E-state index is 12.0. The fourth-order valence-corrected chi connectivity index (χ4v) is 2.39. The van der Waals surface area contributed by atoms with Gasteiger partial charge in [0.25, 0.3) is 0 Å². The van der Waals surface area contributed by atoms with Crippen molar-refractivity contribution in [2.45, 2.75) is 25.4 Å². The zero-order valence-corrected chi connectivity index (χ0v) is 15.1. The summed E-state index contributed by atoms with van der Waals surface area (Å²) in [5, 5.41) is 2.92. The van der Waals surface area contributed by atoms with Gasteiger partial charge in [-0.25, -0.2) is 0 Å². The number of ether oxygens (including phenoxy) is 2. The number of halogens is 1. The number of rotatable bonds is 8. The molecule has 0 heterocycles. The Kier molecular flexibility index (Phi) is 10.1. The Bertz CT molecular complexity index is 474. The standard InChI is InChI=1S/C15H24N2O3S.ClH/c1-10(17-15(18)12(16)7-8-21-4)11-5-6-13(19-2)14(9-11)20-3;/h5-6,9-10,12H,7-8,16H2,1-4H3,(H,17,18);1H/t10?,12-;/m0./s1. The highest BCUT2D eigenvalue weighted by atomic mass is 35.5. The Morgan fingerprint density at radius 1 is 1.32 bits per heavy atom. The number of methoxy groups -OCH3 is 2. The maximum absolute atomic E-state index is 12.0. The van der Waals surface area contributed by atoms with Crippen LogP contribution in [-0.2, 0) is 4.79 Å². The van der Waals surface area contributed by atoms with Crippen LogP contribution < -0.4 is 20.5 Å². The van der Waals surface area contributed by atoms with Crippen LogP contribution in [0.2, 0.25) is 0 Å². The number of carbonyl (C=O) groups is 1. The van der Waals surface area contributed by atoms with Gasteiger partial charge in [-0.15, -0.1) is 12.4 Å². The molecule has 0 bridgehead atoms. The number of nitrogens with two attached hydrogens (primary N) is 1. The second-order valence-electron chi connectivity index (χ2n) is 4.73. The predicted octanol–water partition coefficient (Wildman–Crippen LogP) is 2.38. The molecule has 1 aromatic rings. The second-order valence-corrected chi connectivity index (χ2v) is 5.72. The van der Waals surface area contributed by atoms with Crippen molar-refractivity contribution in [3.8, 4) is 11.5 Å². The summed E-state index contributed by atoms with van der Waals surface area (Å²) in [6, 6.07) is 4.97. The lowest BCUT2D eigenvalue weighted by molar-refractivity contribution is -0.123. The van der Waals surface area contributed by atoms with Crippen molar-refractivity contribution in [3.05, 3.63) is 23.8 Å². The molecule has 0 saturated carbocycles. The summed E-state index contributed by atoms with van der Waals surface area (Å²) < 4.78 is 10.5. The first kappa shape index (κ1) is 20.9. The van der Waals surface area contributed by atoms with E-state index in [1.54, 1.807) is 26.0 Å². The van der Waals surface area contributed by atoms with Gasteiger partial charge >= 0.3 is 0 Å². The van der Waals surface area contributed by atoms with Crippen LogP contribution in [0.1, 0.15) is 24.9 Å². The van der Waals surface area contributed by atoms with Crippen molar-refractivity contribution in [2.24, 2.45) is 5.73 Å². The van der Waals surface area contributed by atoms with Crippen LogP contribution in [-0.4, -0.2) is 38.2 Å². The molecule has 1 unspecified atom stereocenters. The Labute approximate surface area is 142 Å². The van der Waals surface area contributed by atoms with E-state index in [9.17, 15) is 4.79 Å². The molecule has 0 aliphatic carbocycles. The quantitative estimate of drug-likeness (QED) is 0.754. The molecule has 126 valence electrons. The first-order chi connectivity index (χ1) is 10.0. The van der Waals surface area contributed by atoms with E-state index < -0.39 is 6.04 Å². The van der Waals surface area contributed by atoms with Crippen molar-refractivity contribution in [1.82, 2.24) is 5.32 Å². The molecule has 0 aliphatic heterocycles. The van der Waals surface area contributed by atoms with Gasteiger partial charge in [0.2, 0.25) is 5.91 Å². The van der Waals surface area contributed by atoms with Crippen molar-refractivity contribution in [1.29, 1.82) is 0 Å². The van der Waals surface area contributed by atoms with E-state index in [-0.39, 0.29) is 24.4 Å². The van der Waals surface area contributed by atoms with Crippen LogP contribution in [0.5, 0.6) is 11.5 Å². The molecule has 7 heteroatoms. The third-order valence-corrected chi connectivity index (χ3v) is 3.88. The summed E-state index contributed by atoms with van der Waals surface area (Å²) in [5.41, 5.74) is 6.80. The lowest BCUT2D eigenvalue weighted by Crippen LogP contribution is -2.41. The van der Waals surface area contributed by atoms with E-state index in [2.05, 4.69) is 5.32 Å². The van der Waals surface area contributed by atoms with Crippen LogP contribution in [0.15, 0.2) is 18.2 Å². The molecule has 0 aromatic heterocycles. The third kappa shape index (κ3) is 5.94. The SMILES string of the molecule is COc1ccc(C(C)NC(=O)[C@@H](N)CCSC)cc1OC.Cl. The van der Waals surface area contributed by atoms with Crippen LogP contribution in [0.3, 0.4) is 0 Å². The van der Waals surface area contributed by atoms with E-state index in [1.165, 1.54) is 0 Å². The summed E-state index contributed by atoms with van der Waals surface area (Å²) >= 11 is 1.68. The molecular weight excluding hydrogens is 324 g/mol. The van der Waals surface area contributed by atoms with Crippen molar-refractivity contribution >= 4 is 30.1 Å². The molecule has 0 spiro atoms. The molecule has 1 rings (SSSR count). The van der Waals surface area contributed by atoms with Gasteiger partial charge in [-0.05, 0) is 43.0 Å². The largest absolute Gasteiger partial charge is 0.493 e. The number of nitrogens with one attached hydrogen (secondary N) is 1. The minimum atomic E-state index is -0.472. The highest BCUT2D eigenvalue weighted by Crippen LogP contribution is 2.29.